The number of hydrogen-bond acceptors (Lipinski definition) is 5. The summed E-state index contributed by atoms with van der Waals surface area (Å²) in [7, 11) is -3.74. The molecule has 2 N–H and O–H groups in total. The number of nitrogens with zero attached hydrogens (tertiary/aromatic N) is 2. The van der Waals surface area contributed by atoms with Gasteiger partial charge in [0.1, 0.15) is 0 Å². The van der Waals surface area contributed by atoms with Crippen LogP contribution in [0.4, 0.5) is 5.69 Å². The second-order valence-electron chi connectivity index (χ2n) is 6.39. The first-order valence-corrected chi connectivity index (χ1v) is 11.4. The number of benzene rings is 2. The first-order chi connectivity index (χ1) is 14.5. The Morgan fingerprint density at radius 3 is 2.67 bits per heavy atom. The zero-order valence-corrected chi connectivity index (χ0v) is 17.4. The number of sulfonamides is 1. The van der Waals surface area contributed by atoms with Crippen molar-refractivity contribution < 1.29 is 13.2 Å². The van der Waals surface area contributed by atoms with Crippen LogP contribution >= 0.6 is 11.3 Å². The minimum absolute atomic E-state index is 0.0389. The maximum Gasteiger partial charge on any atom is 0.255 e. The Kier molecular flexibility index (Phi) is 5.75. The summed E-state index contributed by atoms with van der Waals surface area (Å²) in [5.74, 6) is -0.400. The maximum absolute atomic E-state index is 12.7. The first-order valence-electron chi connectivity index (χ1n) is 9.05. The maximum atomic E-state index is 12.7. The lowest BCUT2D eigenvalue weighted by Gasteiger charge is -2.10. The van der Waals surface area contributed by atoms with Crippen LogP contribution in [0.15, 0.2) is 89.4 Å². The van der Waals surface area contributed by atoms with Crippen LogP contribution in [-0.2, 0) is 16.6 Å². The third-order valence-corrected chi connectivity index (χ3v) is 6.57. The van der Waals surface area contributed by atoms with Gasteiger partial charge in [-0.15, -0.1) is 11.3 Å². The highest BCUT2D eigenvalue weighted by Gasteiger charge is 2.16. The summed E-state index contributed by atoms with van der Waals surface area (Å²) in [4.78, 5) is 13.6. The van der Waals surface area contributed by atoms with Gasteiger partial charge in [0.15, 0.2) is 0 Å². The van der Waals surface area contributed by atoms with E-state index in [9.17, 15) is 13.2 Å². The highest BCUT2D eigenvalue weighted by atomic mass is 32.2. The number of carbonyl (C=O) groups excluding carboxylic acids is 1. The smallest absolute Gasteiger partial charge is 0.255 e. The van der Waals surface area contributed by atoms with Gasteiger partial charge < -0.3 is 5.32 Å². The highest BCUT2D eigenvalue weighted by molar-refractivity contribution is 7.89. The van der Waals surface area contributed by atoms with Crippen LogP contribution in [0, 0.1) is 0 Å². The molecule has 0 saturated heterocycles. The number of anilines is 1. The Morgan fingerprint density at radius 2 is 1.90 bits per heavy atom. The van der Waals surface area contributed by atoms with Gasteiger partial charge in [0.2, 0.25) is 10.0 Å². The van der Waals surface area contributed by atoms with E-state index in [1.165, 1.54) is 23.5 Å². The molecule has 0 aliphatic heterocycles. The SMILES string of the molecule is O=C(Nc1cccc(-n2cccn2)c1)c1cccc(S(=O)(=O)NCc2cccs2)c1. The quantitative estimate of drug-likeness (QED) is 0.460. The molecule has 7 nitrogen and oxygen atoms in total. The molecular formula is C21H18N4O3S2. The van der Waals surface area contributed by atoms with Crippen LogP contribution in [0.5, 0.6) is 0 Å². The van der Waals surface area contributed by atoms with E-state index in [1.807, 2.05) is 35.7 Å². The standard InChI is InChI=1S/C21H18N4O3S2/c26-21(24-17-6-2-7-18(14-17)25-11-4-10-22-25)16-5-1-9-20(13-16)30(27,28)23-15-19-8-3-12-29-19/h1-14,23H,15H2,(H,24,26). The van der Waals surface area contributed by atoms with E-state index in [-0.39, 0.29) is 17.0 Å². The van der Waals surface area contributed by atoms with Crippen molar-refractivity contribution in [1.82, 2.24) is 14.5 Å². The van der Waals surface area contributed by atoms with E-state index in [1.54, 1.807) is 41.3 Å². The van der Waals surface area contributed by atoms with Crippen LogP contribution in [0.2, 0.25) is 0 Å². The van der Waals surface area contributed by atoms with Crippen LogP contribution in [0.3, 0.4) is 0 Å². The van der Waals surface area contributed by atoms with Gasteiger partial charge in [-0.3, -0.25) is 4.79 Å². The Labute approximate surface area is 178 Å². The molecule has 0 fully saturated rings. The van der Waals surface area contributed by atoms with E-state index in [2.05, 4.69) is 15.1 Å². The Bertz CT molecular complexity index is 1250. The number of carbonyl (C=O) groups is 1. The lowest BCUT2D eigenvalue weighted by Crippen LogP contribution is -2.23. The Hall–Kier alpha value is -3.27. The number of rotatable bonds is 7. The molecule has 0 radical (unpaired) electrons. The predicted octanol–water partition coefficient (Wildman–Crippen LogP) is 3.66. The molecule has 0 saturated carbocycles. The second-order valence-corrected chi connectivity index (χ2v) is 9.19. The number of nitrogens with one attached hydrogen (secondary N) is 2. The van der Waals surface area contributed by atoms with Crippen LogP contribution in [-0.4, -0.2) is 24.1 Å². The van der Waals surface area contributed by atoms with Crippen molar-refractivity contribution in [2.24, 2.45) is 0 Å². The summed E-state index contributed by atoms with van der Waals surface area (Å²) < 4.78 is 29.4. The Balaban J connectivity index is 1.49. The van der Waals surface area contributed by atoms with Gasteiger partial charge in [-0.2, -0.15) is 5.10 Å². The molecule has 152 valence electrons. The van der Waals surface area contributed by atoms with Gasteiger partial charge in [-0.1, -0.05) is 18.2 Å². The van der Waals surface area contributed by atoms with Gasteiger partial charge in [0.25, 0.3) is 5.91 Å². The molecule has 0 aliphatic carbocycles. The summed E-state index contributed by atoms with van der Waals surface area (Å²) in [6, 6.07) is 18.7. The summed E-state index contributed by atoms with van der Waals surface area (Å²) in [6.07, 6.45) is 3.47. The topological polar surface area (TPSA) is 93.1 Å². The molecule has 0 unspecified atom stereocenters. The number of thiophene rings is 1. The largest absolute Gasteiger partial charge is 0.322 e. The third-order valence-electron chi connectivity index (χ3n) is 4.30. The molecule has 4 aromatic rings. The van der Waals surface area contributed by atoms with Crippen molar-refractivity contribution in [3.05, 3.63) is 94.9 Å². The lowest BCUT2D eigenvalue weighted by molar-refractivity contribution is 0.102. The van der Waals surface area contributed by atoms with Crippen molar-refractivity contribution in [3.63, 3.8) is 0 Å². The van der Waals surface area contributed by atoms with Crippen molar-refractivity contribution in [3.8, 4) is 5.69 Å². The molecule has 0 bridgehead atoms. The molecule has 0 atom stereocenters. The van der Waals surface area contributed by atoms with E-state index in [4.69, 9.17) is 0 Å². The highest BCUT2D eigenvalue weighted by Crippen LogP contribution is 2.17. The van der Waals surface area contributed by atoms with Gasteiger partial charge in [-0.25, -0.2) is 17.8 Å². The van der Waals surface area contributed by atoms with Gasteiger partial charge >= 0.3 is 0 Å². The van der Waals surface area contributed by atoms with Crippen LogP contribution in [0.1, 0.15) is 15.2 Å². The summed E-state index contributed by atoms with van der Waals surface area (Å²) in [6.45, 7) is 0.205. The Morgan fingerprint density at radius 1 is 1.03 bits per heavy atom. The predicted molar refractivity (Wildman–Crippen MR) is 116 cm³/mol. The zero-order valence-electron chi connectivity index (χ0n) is 15.7. The molecule has 1 amide bonds. The fourth-order valence-electron chi connectivity index (χ4n) is 2.82. The molecule has 0 spiro atoms. The summed E-state index contributed by atoms with van der Waals surface area (Å²) in [5.41, 5.74) is 1.63. The van der Waals surface area contributed by atoms with Crippen LogP contribution < -0.4 is 10.0 Å². The zero-order chi connectivity index (χ0) is 21.0. The van der Waals surface area contributed by atoms with E-state index < -0.39 is 15.9 Å². The lowest BCUT2D eigenvalue weighted by atomic mass is 10.2. The van der Waals surface area contributed by atoms with E-state index >= 15 is 0 Å². The molecule has 2 heterocycles. The molecular weight excluding hydrogens is 420 g/mol. The second kappa shape index (κ2) is 8.62. The van der Waals surface area contributed by atoms with Gasteiger partial charge in [-0.05, 0) is 53.9 Å². The number of amides is 1. The van der Waals surface area contributed by atoms with E-state index in [0.717, 1.165) is 10.6 Å². The molecule has 30 heavy (non-hydrogen) atoms. The van der Waals surface area contributed by atoms with Gasteiger partial charge in [0.05, 0.1) is 10.6 Å². The van der Waals surface area contributed by atoms with Crippen LogP contribution in [0.25, 0.3) is 5.69 Å². The monoisotopic (exact) mass is 438 g/mol. The fourth-order valence-corrected chi connectivity index (χ4v) is 4.61. The first kappa shape index (κ1) is 20.0. The summed E-state index contributed by atoms with van der Waals surface area (Å²) >= 11 is 1.47. The molecule has 9 heteroatoms. The number of aromatic nitrogens is 2. The van der Waals surface area contributed by atoms with Crippen molar-refractivity contribution >= 4 is 33.0 Å². The minimum Gasteiger partial charge on any atom is -0.322 e. The molecule has 4 rings (SSSR count). The average molecular weight is 439 g/mol. The van der Waals surface area contributed by atoms with Crippen molar-refractivity contribution in [2.45, 2.75) is 11.4 Å². The normalized spacial score (nSPS) is 11.3. The van der Waals surface area contributed by atoms with Gasteiger partial charge in [0, 0.05) is 35.1 Å². The number of hydrogen-bond donors (Lipinski definition) is 2. The summed E-state index contributed by atoms with van der Waals surface area (Å²) in [5, 5.41) is 8.86. The molecule has 2 aromatic carbocycles. The fraction of sp³-hybridized carbons (Fsp3) is 0.0476. The third kappa shape index (κ3) is 4.65. The minimum atomic E-state index is -3.74. The molecule has 0 aliphatic rings. The van der Waals surface area contributed by atoms with E-state index in [0.29, 0.717) is 5.69 Å². The van der Waals surface area contributed by atoms with Crippen molar-refractivity contribution in [2.75, 3.05) is 5.32 Å². The van der Waals surface area contributed by atoms with Crippen molar-refractivity contribution in [1.29, 1.82) is 0 Å². The average Bonchev–Trinajstić information content (AvgIpc) is 3.47. The molecule has 2 aromatic heterocycles.